The molecule has 9 heteroatoms. The summed E-state index contributed by atoms with van der Waals surface area (Å²) >= 11 is 7.40. The van der Waals surface area contributed by atoms with Crippen molar-refractivity contribution in [3.05, 3.63) is 53.1 Å². The minimum Gasteiger partial charge on any atom is -0.431 e. The molecule has 3 amide bonds. The summed E-state index contributed by atoms with van der Waals surface area (Å²) in [6.07, 6.45) is 0. The van der Waals surface area contributed by atoms with Crippen LogP contribution in [0, 0.1) is 6.92 Å². The lowest BCUT2D eigenvalue weighted by atomic mass is 10.2. The fraction of sp³-hybridized carbons (Fsp3) is 0.286. The monoisotopic (exact) mass is 444 g/mol. The number of urea groups is 1. The van der Waals surface area contributed by atoms with Crippen LogP contribution in [0.5, 0.6) is 0 Å². The first-order chi connectivity index (χ1) is 14.5. The SMILES string of the molecule is Cc1ccc(NC(=O)N2CCN(C(=O)CSc3nc4ccccc4o3)CC2)cc1Cl. The third-order valence-electron chi connectivity index (χ3n) is 4.94. The van der Waals surface area contributed by atoms with Crippen LogP contribution in [0.4, 0.5) is 10.5 Å². The van der Waals surface area contributed by atoms with E-state index in [9.17, 15) is 9.59 Å². The second-order valence-corrected chi connectivity index (χ2v) is 8.33. The summed E-state index contributed by atoms with van der Waals surface area (Å²) in [5, 5.41) is 3.95. The highest BCUT2D eigenvalue weighted by Gasteiger charge is 2.24. The Labute approximate surface area is 183 Å². The molecule has 0 radical (unpaired) electrons. The van der Waals surface area contributed by atoms with Crippen LogP contribution >= 0.6 is 23.4 Å². The number of benzene rings is 2. The number of hydrogen-bond acceptors (Lipinski definition) is 5. The molecule has 1 fully saturated rings. The minimum absolute atomic E-state index is 0.00707. The number of carbonyl (C=O) groups excluding carboxylic acids is 2. The van der Waals surface area contributed by atoms with Gasteiger partial charge in [0.05, 0.1) is 5.75 Å². The van der Waals surface area contributed by atoms with E-state index in [2.05, 4.69) is 10.3 Å². The van der Waals surface area contributed by atoms with Gasteiger partial charge in [-0.05, 0) is 36.8 Å². The second kappa shape index (κ2) is 8.97. The number of carbonyl (C=O) groups is 2. The van der Waals surface area contributed by atoms with Crippen molar-refractivity contribution in [3.8, 4) is 0 Å². The molecule has 1 aliphatic heterocycles. The van der Waals surface area contributed by atoms with E-state index in [1.165, 1.54) is 11.8 Å². The van der Waals surface area contributed by atoms with Crippen LogP contribution in [0.25, 0.3) is 11.1 Å². The lowest BCUT2D eigenvalue weighted by molar-refractivity contribution is -0.129. The molecule has 1 aliphatic rings. The van der Waals surface area contributed by atoms with Crippen LogP contribution in [-0.2, 0) is 4.79 Å². The lowest BCUT2D eigenvalue weighted by Gasteiger charge is -2.34. The summed E-state index contributed by atoms with van der Waals surface area (Å²) in [5.41, 5.74) is 3.10. The summed E-state index contributed by atoms with van der Waals surface area (Å²) in [6.45, 7) is 3.85. The largest absolute Gasteiger partial charge is 0.431 e. The van der Waals surface area contributed by atoms with E-state index in [4.69, 9.17) is 16.0 Å². The van der Waals surface area contributed by atoms with Crippen LogP contribution in [0.2, 0.25) is 5.02 Å². The maximum atomic E-state index is 12.5. The first-order valence-electron chi connectivity index (χ1n) is 9.58. The summed E-state index contributed by atoms with van der Waals surface area (Å²) in [6, 6.07) is 12.7. The molecular formula is C21H21ClN4O3S. The number of halogens is 1. The number of thioether (sulfide) groups is 1. The minimum atomic E-state index is -0.192. The topological polar surface area (TPSA) is 78.7 Å². The van der Waals surface area contributed by atoms with Gasteiger partial charge in [0.25, 0.3) is 5.22 Å². The van der Waals surface area contributed by atoms with Crippen molar-refractivity contribution >= 4 is 52.1 Å². The van der Waals surface area contributed by atoms with Crippen LogP contribution in [-0.4, -0.2) is 58.7 Å². The van der Waals surface area contributed by atoms with Gasteiger partial charge in [-0.3, -0.25) is 4.79 Å². The number of anilines is 1. The molecule has 30 heavy (non-hydrogen) atoms. The number of para-hydroxylation sites is 2. The zero-order chi connectivity index (χ0) is 21.1. The molecule has 1 saturated heterocycles. The molecule has 4 rings (SSSR count). The van der Waals surface area contributed by atoms with Crippen molar-refractivity contribution in [3.63, 3.8) is 0 Å². The van der Waals surface area contributed by atoms with Gasteiger partial charge >= 0.3 is 6.03 Å². The smallest absolute Gasteiger partial charge is 0.321 e. The number of nitrogens with zero attached hydrogens (tertiary/aromatic N) is 3. The molecule has 0 bridgehead atoms. The molecule has 0 atom stereocenters. The van der Waals surface area contributed by atoms with Crippen LogP contribution in [0.15, 0.2) is 52.1 Å². The first-order valence-corrected chi connectivity index (χ1v) is 10.9. The lowest BCUT2D eigenvalue weighted by Crippen LogP contribution is -2.52. The van der Waals surface area contributed by atoms with E-state index in [1.807, 2.05) is 43.3 Å². The van der Waals surface area contributed by atoms with Gasteiger partial charge < -0.3 is 19.5 Å². The highest BCUT2D eigenvalue weighted by atomic mass is 35.5. The fourth-order valence-corrected chi connectivity index (χ4v) is 4.08. The number of piperazine rings is 1. The average Bonchev–Trinajstić information content (AvgIpc) is 3.18. The Hall–Kier alpha value is -2.71. The molecule has 1 aromatic heterocycles. The number of oxazole rings is 1. The van der Waals surface area contributed by atoms with E-state index in [-0.39, 0.29) is 17.7 Å². The van der Waals surface area contributed by atoms with Gasteiger partial charge in [0, 0.05) is 36.9 Å². The van der Waals surface area contributed by atoms with Gasteiger partial charge in [-0.15, -0.1) is 0 Å². The Bertz CT molecular complexity index is 1050. The molecule has 7 nitrogen and oxygen atoms in total. The quantitative estimate of drug-likeness (QED) is 0.608. The molecule has 2 aromatic carbocycles. The summed E-state index contributed by atoms with van der Waals surface area (Å²) in [7, 11) is 0. The van der Waals surface area contributed by atoms with Crippen molar-refractivity contribution < 1.29 is 14.0 Å². The zero-order valence-corrected chi connectivity index (χ0v) is 18.0. The normalized spacial score (nSPS) is 14.2. The first kappa shape index (κ1) is 20.6. The van der Waals surface area contributed by atoms with Crippen molar-refractivity contribution in [1.82, 2.24) is 14.8 Å². The van der Waals surface area contributed by atoms with E-state index in [0.717, 1.165) is 11.1 Å². The summed E-state index contributed by atoms with van der Waals surface area (Å²) < 4.78 is 5.64. The van der Waals surface area contributed by atoms with E-state index in [0.29, 0.717) is 47.7 Å². The number of nitrogens with one attached hydrogen (secondary N) is 1. The number of aromatic nitrogens is 1. The van der Waals surface area contributed by atoms with Crippen molar-refractivity contribution in [2.45, 2.75) is 12.1 Å². The van der Waals surface area contributed by atoms with Gasteiger partial charge in [0.15, 0.2) is 5.58 Å². The Morgan fingerprint density at radius 3 is 2.60 bits per heavy atom. The molecule has 0 saturated carbocycles. The van der Waals surface area contributed by atoms with Crippen molar-refractivity contribution in [2.75, 3.05) is 37.2 Å². The Kier molecular flexibility index (Phi) is 6.15. The van der Waals surface area contributed by atoms with Gasteiger partial charge in [0.1, 0.15) is 5.52 Å². The predicted octanol–water partition coefficient (Wildman–Crippen LogP) is 4.26. The van der Waals surface area contributed by atoms with Gasteiger partial charge in [-0.1, -0.05) is 41.6 Å². The number of fused-ring (bicyclic) bond motifs is 1. The summed E-state index contributed by atoms with van der Waals surface area (Å²) in [4.78, 5) is 32.8. The molecule has 0 aliphatic carbocycles. The van der Waals surface area contributed by atoms with E-state index >= 15 is 0 Å². The molecule has 156 valence electrons. The van der Waals surface area contributed by atoms with Gasteiger partial charge in [-0.2, -0.15) is 0 Å². The van der Waals surface area contributed by atoms with Crippen LogP contribution < -0.4 is 5.32 Å². The van der Waals surface area contributed by atoms with Crippen LogP contribution in [0.1, 0.15) is 5.56 Å². The standard InChI is InChI=1S/C21H21ClN4O3S/c1-14-6-7-15(12-16(14)22)23-20(28)26-10-8-25(9-11-26)19(27)13-30-21-24-17-4-2-3-5-18(17)29-21/h2-7,12H,8-11,13H2,1H3,(H,23,28). The highest BCUT2D eigenvalue weighted by molar-refractivity contribution is 7.99. The second-order valence-electron chi connectivity index (χ2n) is 7.00. The molecule has 0 spiro atoms. The number of amides is 3. The Morgan fingerprint density at radius 1 is 1.13 bits per heavy atom. The summed E-state index contributed by atoms with van der Waals surface area (Å²) in [5.74, 6) is 0.258. The maximum Gasteiger partial charge on any atom is 0.321 e. The van der Waals surface area contributed by atoms with Crippen molar-refractivity contribution in [2.24, 2.45) is 0 Å². The number of rotatable bonds is 4. The predicted molar refractivity (Wildman–Crippen MR) is 118 cm³/mol. The molecule has 1 N–H and O–H groups in total. The molecule has 2 heterocycles. The third-order valence-corrected chi connectivity index (χ3v) is 6.16. The number of hydrogen-bond donors (Lipinski definition) is 1. The zero-order valence-electron chi connectivity index (χ0n) is 16.4. The van der Waals surface area contributed by atoms with Crippen LogP contribution in [0.3, 0.4) is 0 Å². The average molecular weight is 445 g/mol. The fourth-order valence-electron chi connectivity index (χ4n) is 3.16. The van der Waals surface area contributed by atoms with E-state index in [1.54, 1.807) is 15.9 Å². The van der Waals surface area contributed by atoms with Gasteiger partial charge in [0.2, 0.25) is 5.91 Å². The molecular weight excluding hydrogens is 424 g/mol. The Balaban J connectivity index is 1.25. The van der Waals surface area contributed by atoms with Crippen molar-refractivity contribution in [1.29, 1.82) is 0 Å². The maximum absolute atomic E-state index is 12.5. The highest BCUT2D eigenvalue weighted by Crippen LogP contribution is 2.24. The molecule has 0 unspecified atom stereocenters. The molecule has 3 aromatic rings. The van der Waals surface area contributed by atoms with Gasteiger partial charge in [-0.25, -0.2) is 9.78 Å². The number of aryl methyl sites for hydroxylation is 1. The Morgan fingerprint density at radius 2 is 1.87 bits per heavy atom. The van der Waals surface area contributed by atoms with E-state index < -0.39 is 0 Å². The third kappa shape index (κ3) is 4.71.